The van der Waals surface area contributed by atoms with Gasteiger partial charge in [0.1, 0.15) is 18.1 Å². The van der Waals surface area contributed by atoms with Crippen molar-refractivity contribution in [3.63, 3.8) is 0 Å². The Morgan fingerprint density at radius 1 is 1.26 bits per heavy atom. The van der Waals surface area contributed by atoms with E-state index in [2.05, 4.69) is 21.2 Å². The lowest BCUT2D eigenvalue weighted by atomic mass is 10.1. The highest BCUT2D eigenvalue weighted by molar-refractivity contribution is 9.10. The number of carbonyl (C=O) groups excluding carboxylic acids is 1. The second kappa shape index (κ2) is 9.24. The molecule has 6 heteroatoms. The molecule has 1 amide bonds. The quantitative estimate of drug-likeness (QED) is 0.663. The smallest absolute Gasteiger partial charge is 0.259 e. The Balaban J connectivity index is 1.75. The summed E-state index contributed by atoms with van der Waals surface area (Å²) < 4.78 is 18.1. The van der Waals surface area contributed by atoms with Crippen molar-refractivity contribution in [3.8, 4) is 11.5 Å². The van der Waals surface area contributed by atoms with Crippen LogP contribution in [0.2, 0.25) is 0 Å². The molecule has 1 unspecified atom stereocenters. The normalized spacial score (nSPS) is 16.4. The average Bonchev–Trinajstić information content (AvgIpc) is 3.15. The maximum Gasteiger partial charge on any atom is 0.259 e. The number of hydrogen-bond acceptors (Lipinski definition) is 4. The van der Waals surface area contributed by atoms with E-state index in [4.69, 9.17) is 14.2 Å². The Bertz CT molecular complexity index is 788. The van der Waals surface area contributed by atoms with E-state index in [9.17, 15) is 4.79 Å². The number of carbonyl (C=O) groups is 1. The predicted octanol–water partition coefficient (Wildman–Crippen LogP) is 5.05. The molecular formula is C21H24BrNO4. The minimum atomic E-state index is -0.250. The highest BCUT2D eigenvalue weighted by Gasteiger charge is 2.19. The molecule has 0 saturated carbocycles. The van der Waals surface area contributed by atoms with E-state index >= 15 is 0 Å². The maximum absolute atomic E-state index is 12.9. The zero-order valence-corrected chi connectivity index (χ0v) is 17.1. The molecule has 5 nitrogen and oxygen atoms in total. The van der Waals surface area contributed by atoms with Crippen molar-refractivity contribution < 1.29 is 19.0 Å². The van der Waals surface area contributed by atoms with E-state index in [-0.39, 0.29) is 18.1 Å². The van der Waals surface area contributed by atoms with Crippen LogP contribution in [0.1, 0.15) is 37.0 Å². The van der Waals surface area contributed by atoms with Crippen molar-refractivity contribution in [2.45, 2.75) is 38.9 Å². The first-order chi connectivity index (χ1) is 13.0. The van der Waals surface area contributed by atoms with Gasteiger partial charge in [0.15, 0.2) is 0 Å². The molecule has 1 saturated heterocycles. The summed E-state index contributed by atoms with van der Waals surface area (Å²) in [4.78, 5) is 12.9. The van der Waals surface area contributed by atoms with Gasteiger partial charge < -0.3 is 19.5 Å². The van der Waals surface area contributed by atoms with E-state index in [1.165, 1.54) is 0 Å². The van der Waals surface area contributed by atoms with Crippen LogP contribution in [0, 0.1) is 0 Å². The number of anilines is 1. The van der Waals surface area contributed by atoms with Crippen LogP contribution in [0.5, 0.6) is 11.5 Å². The molecule has 1 atom stereocenters. The Kier molecular flexibility index (Phi) is 6.74. The third-order valence-electron chi connectivity index (χ3n) is 4.13. The number of ether oxygens (including phenoxy) is 3. The molecule has 1 fully saturated rings. The highest BCUT2D eigenvalue weighted by Crippen LogP contribution is 2.29. The summed E-state index contributed by atoms with van der Waals surface area (Å²) in [5.74, 6) is 0.922. The summed E-state index contributed by atoms with van der Waals surface area (Å²) in [5, 5.41) is 2.94. The van der Waals surface area contributed by atoms with Gasteiger partial charge in [-0.05, 0) is 57.0 Å². The first-order valence-electron chi connectivity index (χ1n) is 9.14. The molecule has 0 aromatic heterocycles. The van der Waals surface area contributed by atoms with Gasteiger partial charge in [-0.1, -0.05) is 28.1 Å². The van der Waals surface area contributed by atoms with Gasteiger partial charge in [0.05, 0.1) is 23.5 Å². The van der Waals surface area contributed by atoms with Crippen molar-refractivity contribution in [2.75, 3.05) is 18.5 Å². The Labute approximate surface area is 168 Å². The molecule has 0 bridgehead atoms. The van der Waals surface area contributed by atoms with Crippen molar-refractivity contribution in [3.05, 3.63) is 52.5 Å². The second-order valence-corrected chi connectivity index (χ2v) is 7.62. The van der Waals surface area contributed by atoms with E-state index in [1.807, 2.05) is 44.2 Å². The topological polar surface area (TPSA) is 56.8 Å². The van der Waals surface area contributed by atoms with Gasteiger partial charge in [-0.2, -0.15) is 0 Å². The molecule has 1 heterocycles. The third kappa shape index (κ3) is 5.47. The van der Waals surface area contributed by atoms with Crippen LogP contribution < -0.4 is 14.8 Å². The molecule has 0 aliphatic carbocycles. The number of benzene rings is 2. The molecule has 27 heavy (non-hydrogen) atoms. The van der Waals surface area contributed by atoms with Crippen LogP contribution in [0.25, 0.3) is 0 Å². The van der Waals surface area contributed by atoms with Crippen molar-refractivity contribution in [1.82, 2.24) is 0 Å². The number of para-hydroxylation sites is 2. The molecule has 1 N–H and O–H groups in total. The van der Waals surface area contributed by atoms with Crippen LogP contribution in [0.3, 0.4) is 0 Å². The van der Waals surface area contributed by atoms with Crippen LogP contribution in [-0.2, 0) is 4.74 Å². The number of halogens is 1. The summed E-state index contributed by atoms with van der Waals surface area (Å²) in [6, 6.07) is 12.8. The van der Waals surface area contributed by atoms with Crippen LogP contribution >= 0.6 is 15.9 Å². The van der Waals surface area contributed by atoms with E-state index in [0.717, 1.165) is 23.9 Å². The van der Waals surface area contributed by atoms with E-state index < -0.39 is 0 Å². The monoisotopic (exact) mass is 433 g/mol. The molecule has 3 rings (SSSR count). The van der Waals surface area contributed by atoms with Crippen molar-refractivity contribution in [1.29, 1.82) is 0 Å². The molecule has 2 aromatic carbocycles. The summed E-state index contributed by atoms with van der Waals surface area (Å²) in [7, 11) is 0. The third-order valence-corrected chi connectivity index (χ3v) is 4.63. The number of hydrogen-bond donors (Lipinski definition) is 1. The summed E-state index contributed by atoms with van der Waals surface area (Å²) in [6.45, 7) is 5.12. The Morgan fingerprint density at radius 3 is 2.81 bits per heavy atom. The number of rotatable bonds is 7. The Morgan fingerprint density at radius 2 is 2.07 bits per heavy atom. The van der Waals surface area contributed by atoms with Gasteiger partial charge in [0.25, 0.3) is 5.91 Å². The lowest BCUT2D eigenvalue weighted by Crippen LogP contribution is -2.19. The standard InChI is InChI=1S/C21H24BrNO4/c1-14(2)27-19-10-9-15(22)12-17(19)21(24)23-18-7-3-4-8-20(18)26-13-16-6-5-11-25-16/h3-4,7-10,12,14,16H,5-6,11,13H2,1-2H3,(H,23,24). The largest absolute Gasteiger partial charge is 0.490 e. The number of amides is 1. The number of nitrogens with one attached hydrogen (secondary N) is 1. The van der Waals surface area contributed by atoms with Crippen LogP contribution in [0.4, 0.5) is 5.69 Å². The molecule has 1 aliphatic heterocycles. The van der Waals surface area contributed by atoms with Crippen molar-refractivity contribution in [2.24, 2.45) is 0 Å². The molecule has 1 aliphatic rings. The van der Waals surface area contributed by atoms with Crippen molar-refractivity contribution >= 4 is 27.5 Å². The van der Waals surface area contributed by atoms with Gasteiger partial charge in [-0.3, -0.25) is 4.79 Å². The van der Waals surface area contributed by atoms with Crippen LogP contribution in [-0.4, -0.2) is 31.3 Å². The first-order valence-corrected chi connectivity index (χ1v) is 9.93. The van der Waals surface area contributed by atoms with Gasteiger partial charge in [-0.15, -0.1) is 0 Å². The van der Waals surface area contributed by atoms with Gasteiger partial charge in [0.2, 0.25) is 0 Å². The fourth-order valence-corrected chi connectivity index (χ4v) is 3.24. The lowest BCUT2D eigenvalue weighted by molar-refractivity contribution is 0.0682. The summed E-state index contributed by atoms with van der Waals surface area (Å²) in [5.41, 5.74) is 1.09. The summed E-state index contributed by atoms with van der Waals surface area (Å²) in [6.07, 6.45) is 2.15. The zero-order valence-electron chi connectivity index (χ0n) is 15.5. The molecule has 2 aromatic rings. The second-order valence-electron chi connectivity index (χ2n) is 6.70. The minimum Gasteiger partial charge on any atom is -0.490 e. The van der Waals surface area contributed by atoms with Crippen LogP contribution in [0.15, 0.2) is 46.9 Å². The molecule has 0 spiro atoms. The minimum absolute atomic E-state index is 0.0280. The zero-order chi connectivity index (χ0) is 19.2. The van der Waals surface area contributed by atoms with E-state index in [1.54, 1.807) is 12.1 Å². The lowest BCUT2D eigenvalue weighted by Gasteiger charge is -2.17. The van der Waals surface area contributed by atoms with Gasteiger partial charge in [-0.25, -0.2) is 0 Å². The molecule has 0 radical (unpaired) electrons. The predicted molar refractivity (Wildman–Crippen MR) is 109 cm³/mol. The van der Waals surface area contributed by atoms with Gasteiger partial charge in [0, 0.05) is 11.1 Å². The Hall–Kier alpha value is -2.05. The first kappa shape index (κ1) is 19.7. The SMILES string of the molecule is CC(C)Oc1ccc(Br)cc1C(=O)Nc1ccccc1OCC1CCCO1. The highest BCUT2D eigenvalue weighted by atomic mass is 79.9. The maximum atomic E-state index is 12.9. The molecule has 144 valence electrons. The fraction of sp³-hybridized carbons (Fsp3) is 0.381. The average molecular weight is 434 g/mol. The summed E-state index contributed by atoms with van der Waals surface area (Å²) >= 11 is 3.42. The van der Waals surface area contributed by atoms with E-state index in [0.29, 0.717) is 29.4 Å². The molecular weight excluding hydrogens is 410 g/mol. The van der Waals surface area contributed by atoms with Gasteiger partial charge >= 0.3 is 0 Å². The fourth-order valence-electron chi connectivity index (χ4n) is 2.88.